The molecule has 2 N–H and O–H groups in total. The number of hydrogen-bond acceptors (Lipinski definition) is 4. The molecule has 0 bridgehead atoms. The van der Waals surface area contributed by atoms with Gasteiger partial charge in [-0.05, 0) is 12.1 Å². The summed E-state index contributed by atoms with van der Waals surface area (Å²) in [5.74, 6) is 0.703. The highest BCUT2D eigenvalue weighted by molar-refractivity contribution is 7.59. The predicted molar refractivity (Wildman–Crippen MR) is 58.0 cm³/mol. The zero-order chi connectivity index (χ0) is 10.6. The standard InChI is InChI=1S/C9H15N2O2P/c1-3-14(12,4-2)13-8-6-5-7-11-9(8)10/h5-7H,3-4H2,1-2H3,(H2,10,11). The van der Waals surface area contributed by atoms with Crippen LogP contribution in [0, 0.1) is 0 Å². The number of nitrogen functional groups attached to an aromatic ring is 1. The first kappa shape index (κ1) is 11.1. The molecular formula is C9H15N2O2P. The Morgan fingerprint density at radius 3 is 2.64 bits per heavy atom. The molecule has 1 heterocycles. The molecule has 0 fully saturated rings. The van der Waals surface area contributed by atoms with Gasteiger partial charge < -0.3 is 10.3 Å². The Hall–Kier alpha value is -1.02. The van der Waals surface area contributed by atoms with Gasteiger partial charge in [0, 0.05) is 18.5 Å². The number of hydrogen-bond donors (Lipinski definition) is 1. The van der Waals surface area contributed by atoms with E-state index in [1.54, 1.807) is 18.3 Å². The lowest BCUT2D eigenvalue weighted by molar-refractivity contribution is 0.484. The molecule has 0 aliphatic carbocycles. The lowest BCUT2D eigenvalue weighted by atomic mass is 10.4. The van der Waals surface area contributed by atoms with E-state index in [9.17, 15) is 4.57 Å². The van der Waals surface area contributed by atoms with Crippen molar-refractivity contribution in [3.63, 3.8) is 0 Å². The van der Waals surface area contributed by atoms with Crippen LogP contribution in [0.1, 0.15) is 13.8 Å². The average Bonchev–Trinajstić information content (AvgIpc) is 2.21. The van der Waals surface area contributed by atoms with Gasteiger partial charge in [-0.3, -0.25) is 4.57 Å². The zero-order valence-electron chi connectivity index (χ0n) is 8.43. The lowest BCUT2D eigenvalue weighted by Crippen LogP contribution is -2.01. The fraction of sp³-hybridized carbons (Fsp3) is 0.444. The Morgan fingerprint density at radius 1 is 1.50 bits per heavy atom. The van der Waals surface area contributed by atoms with Crippen LogP contribution in [-0.4, -0.2) is 17.3 Å². The fourth-order valence-corrected chi connectivity index (χ4v) is 2.23. The van der Waals surface area contributed by atoms with Crippen molar-refractivity contribution in [1.82, 2.24) is 4.98 Å². The summed E-state index contributed by atoms with van der Waals surface area (Å²) in [5.41, 5.74) is 5.58. The summed E-state index contributed by atoms with van der Waals surface area (Å²) in [6.45, 7) is 3.69. The smallest absolute Gasteiger partial charge is 0.247 e. The molecule has 1 aromatic heterocycles. The molecule has 1 rings (SSSR count). The summed E-state index contributed by atoms with van der Waals surface area (Å²) in [5, 5.41) is 0. The highest BCUT2D eigenvalue weighted by atomic mass is 31.2. The van der Waals surface area contributed by atoms with Gasteiger partial charge in [0.25, 0.3) is 0 Å². The molecular weight excluding hydrogens is 199 g/mol. The number of nitrogens with two attached hydrogens (primary N) is 1. The van der Waals surface area contributed by atoms with Crippen molar-refractivity contribution in [3.8, 4) is 5.75 Å². The van der Waals surface area contributed by atoms with E-state index in [0.29, 0.717) is 18.1 Å². The molecule has 0 atom stereocenters. The maximum atomic E-state index is 12.0. The largest absolute Gasteiger partial charge is 0.439 e. The number of nitrogens with zero attached hydrogens (tertiary/aromatic N) is 1. The molecule has 4 nitrogen and oxygen atoms in total. The third-order valence-corrected chi connectivity index (χ3v) is 4.48. The van der Waals surface area contributed by atoms with Crippen molar-refractivity contribution >= 4 is 13.2 Å². The van der Waals surface area contributed by atoms with Crippen molar-refractivity contribution in [3.05, 3.63) is 18.3 Å². The van der Waals surface area contributed by atoms with Crippen LogP contribution in [0.2, 0.25) is 0 Å². The van der Waals surface area contributed by atoms with E-state index < -0.39 is 7.37 Å². The first-order valence-electron chi connectivity index (χ1n) is 4.59. The third kappa shape index (κ3) is 2.48. The minimum absolute atomic E-state index is 0.287. The number of aromatic nitrogens is 1. The summed E-state index contributed by atoms with van der Waals surface area (Å²) in [4.78, 5) is 3.86. The normalized spacial score (nSPS) is 11.3. The first-order chi connectivity index (χ1) is 6.61. The molecule has 0 aliphatic heterocycles. The van der Waals surface area contributed by atoms with Gasteiger partial charge in [-0.15, -0.1) is 0 Å². The van der Waals surface area contributed by atoms with E-state index in [-0.39, 0.29) is 5.82 Å². The minimum Gasteiger partial charge on any atom is -0.439 e. The molecule has 0 spiro atoms. The van der Waals surface area contributed by atoms with E-state index in [1.165, 1.54) is 0 Å². The Labute approximate surface area is 83.9 Å². The van der Waals surface area contributed by atoms with Crippen LogP contribution < -0.4 is 10.3 Å². The van der Waals surface area contributed by atoms with Gasteiger partial charge >= 0.3 is 0 Å². The molecule has 78 valence electrons. The van der Waals surface area contributed by atoms with Crippen molar-refractivity contribution in [2.75, 3.05) is 18.1 Å². The Balaban J connectivity index is 2.88. The van der Waals surface area contributed by atoms with Crippen LogP contribution >= 0.6 is 7.37 Å². The van der Waals surface area contributed by atoms with Crippen molar-refractivity contribution in [2.45, 2.75) is 13.8 Å². The lowest BCUT2D eigenvalue weighted by Gasteiger charge is -2.16. The molecule has 0 saturated heterocycles. The van der Waals surface area contributed by atoms with Gasteiger partial charge in [0.2, 0.25) is 7.37 Å². The van der Waals surface area contributed by atoms with Crippen LogP contribution in [-0.2, 0) is 4.57 Å². The SMILES string of the molecule is CCP(=O)(CC)Oc1cccnc1N. The maximum Gasteiger partial charge on any atom is 0.247 e. The van der Waals surface area contributed by atoms with E-state index in [4.69, 9.17) is 10.3 Å². The maximum absolute atomic E-state index is 12.0. The number of pyridine rings is 1. The van der Waals surface area contributed by atoms with Crippen LogP contribution in [0.25, 0.3) is 0 Å². The Bertz CT molecular complexity index is 346. The molecule has 1 aromatic rings. The quantitative estimate of drug-likeness (QED) is 0.781. The molecule has 0 unspecified atom stereocenters. The Morgan fingerprint density at radius 2 is 2.14 bits per heavy atom. The summed E-state index contributed by atoms with van der Waals surface area (Å²) < 4.78 is 17.4. The second-order valence-corrected chi connectivity index (χ2v) is 6.00. The molecule has 5 heteroatoms. The topological polar surface area (TPSA) is 65.2 Å². The van der Waals surface area contributed by atoms with Crippen LogP contribution in [0.4, 0.5) is 5.82 Å². The molecule has 0 aromatic carbocycles. The molecule has 0 radical (unpaired) electrons. The highest BCUT2D eigenvalue weighted by Gasteiger charge is 2.20. The van der Waals surface area contributed by atoms with Crippen LogP contribution in [0.5, 0.6) is 5.75 Å². The third-order valence-electron chi connectivity index (χ3n) is 2.03. The monoisotopic (exact) mass is 214 g/mol. The first-order valence-corrected chi connectivity index (χ1v) is 6.59. The highest BCUT2D eigenvalue weighted by Crippen LogP contribution is 2.47. The summed E-state index contributed by atoms with van der Waals surface area (Å²) in [6.07, 6.45) is 2.60. The van der Waals surface area contributed by atoms with E-state index >= 15 is 0 Å². The second kappa shape index (κ2) is 4.47. The molecule has 14 heavy (non-hydrogen) atoms. The van der Waals surface area contributed by atoms with Gasteiger partial charge in [0.15, 0.2) is 11.6 Å². The summed E-state index contributed by atoms with van der Waals surface area (Å²) in [6, 6.07) is 3.39. The predicted octanol–water partition coefficient (Wildman–Crippen LogP) is 2.36. The van der Waals surface area contributed by atoms with E-state index in [2.05, 4.69) is 4.98 Å². The number of rotatable bonds is 4. The molecule has 0 saturated carbocycles. The van der Waals surface area contributed by atoms with Crippen LogP contribution in [0.15, 0.2) is 18.3 Å². The minimum atomic E-state index is -2.55. The van der Waals surface area contributed by atoms with Gasteiger partial charge in [0.05, 0.1) is 0 Å². The van der Waals surface area contributed by atoms with E-state index in [1.807, 2.05) is 13.8 Å². The van der Waals surface area contributed by atoms with Crippen molar-refractivity contribution in [1.29, 1.82) is 0 Å². The van der Waals surface area contributed by atoms with Crippen LogP contribution in [0.3, 0.4) is 0 Å². The van der Waals surface area contributed by atoms with E-state index in [0.717, 1.165) is 0 Å². The summed E-state index contributed by atoms with van der Waals surface area (Å²) in [7, 11) is -2.55. The summed E-state index contributed by atoms with van der Waals surface area (Å²) >= 11 is 0. The van der Waals surface area contributed by atoms with Crippen molar-refractivity contribution in [2.24, 2.45) is 0 Å². The van der Waals surface area contributed by atoms with Gasteiger partial charge in [0.1, 0.15) is 0 Å². The molecule has 0 amide bonds. The molecule has 0 aliphatic rings. The number of anilines is 1. The fourth-order valence-electron chi connectivity index (χ4n) is 1.01. The second-order valence-electron chi connectivity index (χ2n) is 2.93. The van der Waals surface area contributed by atoms with Gasteiger partial charge in [-0.25, -0.2) is 4.98 Å². The Kier molecular flexibility index (Phi) is 3.53. The van der Waals surface area contributed by atoms with Gasteiger partial charge in [-0.2, -0.15) is 0 Å². The van der Waals surface area contributed by atoms with Crippen molar-refractivity contribution < 1.29 is 9.09 Å². The van der Waals surface area contributed by atoms with Gasteiger partial charge in [-0.1, -0.05) is 13.8 Å². The zero-order valence-corrected chi connectivity index (χ0v) is 9.33. The average molecular weight is 214 g/mol.